The molecule has 5 heteroatoms. The Labute approximate surface area is 115 Å². The first-order chi connectivity index (χ1) is 9.11. The van der Waals surface area contributed by atoms with Crippen molar-refractivity contribution in [3.63, 3.8) is 0 Å². The lowest BCUT2D eigenvalue weighted by Crippen LogP contribution is -2.14. The van der Waals surface area contributed by atoms with Crippen molar-refractivity contribution in [2.45, 2.75) is 11.8 Å². The minimum Gasteiger partial charge on any atom is -0.320 e. The van der Waals surface area contributed by atoms with Crippen molar-refractivity contribution in [3.05, 3.63) is 53.6 Å². The van der Waals surface area contributed by atoms with Gasteiger partial charge in [0.15, 0.2) is 0 Å². The molecule has 98 valence electrons. The van der Waals surface area contributed by atoms with Crippen molar-refractivity contribution >= 4 is 23.4 Å². The number of anilines is 1. The maximum absolute atomic E-state index is 13.1. The Morgan fingerprint density at radius 1 is 1.37 bits per heavy atom. The van der Waals surface area contributed by atoms with Crippen LogP contribution in [0.2, 0.25) is 0 Å². The number of aryl methyl sites for hydroxylation is 1. The van der Waals surface area contributed by atoms with Crippen LogP contribution in [0.4, 0.5) is 10.1 Å². The van der Waals surface area contributed by atoms with E-state index >= 15 is 0 Å². The number of hydrogen-bond acceptors (Lipinski definition) is 3. The molecule has 0 unspecified atom stereocenters. The molecule has 0 fully saturated rings. The summed E-state index contributed by atoms with van der Waals surface area (Å²) in [6.45, 7) is 1.60. The highest BCUT2D eigenvalue weighted by atomic mass is 32.2. The third kappa shape index (κ3) is 3.12. The van der Waals surface area contributed by atoms with E-state index < -0.39 is 5.82 Å². The van der Waals surface area contributed by atoms with Gasteiger partial charge in [-0.05, 0) is 36.9 Å². The number of halogens is 1. The fourth-order valence-corrected chi connectivity index (χ4v) is 2.15. The third-order valence-electron chi connectivity index (χ3n) is 2.63. The van der Waals surface area contributed by atoms with Crippen LogP contribution in [0.25, 0.3) is 0 Å². The molecule has 0 aliphatic carbocycles. The summed E-state index contributed by atoms with van der Waals surface area (Å²) < 4.78 is 13.1. The average Bonchev–Trinajstić information content (AvgIpc) is 2.42. The maximum Gasteiger partial charge on any atom is 0.274 e. The predicted octanol–water partition coefficient (Wildman–Crippen LogP) is 3.50. The Bertz CT molecular complexity index is 616. The van der Waals surface area contributed by atoms with E-state index in [4.69, 9.17) is 0 Å². The summed E-state index contributed by atoms with van der Waals surface area (Å²) in [4.78, 5) is 16.8. The topological polar surface area (TPSA) is 42.0 Å². The van der Waals surface area contributed by atoms with E-state index in [1.54, 1.807) is 18.7 Å². The Balaban J connectivity index is 2.23. The standard InChI is InChI=1S/C14H13FN2OS/c1-9-7-12(16-8-10(9)15)14(18)17-11-5-3-4-6-13(11)19-2/h3-8H,1-2H3,(H,17,18). The number of rotatable bonds is 3. The van der Waals surface area contributed by atoms with Gasteiger partial charge in [0.05, 0.1) is 11.9 Å². The minimum atomic E-state index is -0.416. The van der Waals surface area contributed by atoms with Gasteiger partial charge in [0.25, 0.3) is 5.91 Å². The molecule has 1 heterocycles. The molecule has 3 nitrogen and oxygen atoms in total. The highest BCUT2D eigenvalue weighted by Gasteiger charge is 2.11. The normalized spacial score (nSPS) is 10.3. The summed E-state index contributed by atoms with van der Waals surface area (Å²) in [5.41, 5.74) is 1.33. The molecule has 1 aromatic carbocycles. The van der Waals surface area contributed by atoms with Gasteiger partial charge in [-0.1, -0.05) is 12.1 Å². The van der Waals surface area contributed by atoms with Crippen LogP contribution in [0.15, 0.2) is 41.4 Å². The molecule has 19 heavy (non-hydrogen) atoms. The van der Waals surface area contributed by atoms with Gasteiger partial charge >= 0.3 is 0 Å². The molecule has 0 aliphatic rings. The summed E-state index contributed by atoms with van der Waals surface area (Å²) in [6.07, 6.45) is 3.00. The summed E-state index contributed by atoms with van der Waals surface area (Å²) in [6, 6.07) is 8.93. The highest BCUT2D eigenvalue weighted by Crippen LogP contribution is 2.24. The zero-order valence-electron chi connectivity index (χ0n) is 10.6. The third-order valence-corrected chi connectivity index (χ3v) is 3.43. The SMILES string of the molecule is CSc1ccccc1NC(=O)c1cc(C)c(F)cn1. The van der Waals surface area contributed by atoms with Crippen LogP contribution in [0.5, 0.6) is 0 Å². The van der Waals surface area contributed by atoms with E-state index in [2.05, 4.69) is 10.3 Å². The quantitative estimate of drug-likeness (QED) is 0.872. The van der Waals surface area contributed by atoms with Gasteiger partial charge in [-0.2, -0.15) is 0 Å². The van der Waals surface area contributed by atoms with Gasteiger partial charge in [-0.15, -0.1) is 11.8 Å². The zero-order valence-corrected chi connectivity index (χ0v) is 11.4. The molecule has 0 radical (unpaired) electrons. The number of para-hydroxylation sites is 1. The van der Waals surface area contributed by atoms with E-state index in [0.29, 0.717) is 5.56 Å². The van der Waals surface area contributed by atoms with Gasteiger partial charge in [-0.3, -0.25) is 4.79 Å². The molecule has 0 atom stereocenters. The lowest BCUT2D eigenvalue weighted by molar-refractivity contribution is 0.102. The van der Waals surface area contributed by atoms with Crippen molar-refractivity contribution in [1.29, 1.82) is 0 Å². The van der Waals surface area contributed by atoms with Gasteiger partial charge in [0.1, 0.15) is 11.5 Å². The second kappa shape index (κ2) is 5.84. The van der Waals surface area contributed by atoms with Gasteiger partial charge in [-0.25, -0.2) is 9.37 Å². The summed E-state index contributed by atoms with van der Waals surface area (Å²) >= 11 is 1.54. The van der Waals surface area contributed by atoms with Crippen molar-refractivity contribution in [3.8, 4) is 0 Å². The molecule has 2 rings (SSSR count). The second-order valence-electron chi connectivity index (χ2n) is 3.97. The lowest BCUT2D eigenvalue weighted by atomic mass is 10.2. The number of carbonyl (C=O) groups is 1. The fraction of sp³-hybridized carbons (Fsp3) is 0.143. The van der Waals surface area contributed by atoms with E-state index in [0.717, 1.165) is 16.8 Å². The first kappa shape index (κ1) is 13.5. The molecule has 1 N–H and O–H groups in total. The fourth-order valence-electron chi connectivity index (χ4n) is 1.60. The van der Waals surface area contributed by atoms with Crippen LogP contribution in [-0.4, -0.2) is 17.1 Å². The number of hydrogen-bond donors (Lipinski definition) is 1. The van der Waals surface area contributed by atoms with Gasteiger partial charge in [0, 0.05) is 4.90 Å². The van der Waals surface area contributed by atoms with Crippen molar-refractivity contribution < 1.29 is 9.18 Å². The predicted molar refractivity (Wildman–Crippen MR) is 75.1 cm³/mol. The Kier molecular flexibility index (Phi) is 4.16. The zero-order chi connectivity index (χ0) is 13.8. The van der Waals surface area contributed by atoms with E-state index in [9.17, 15) is 9.18 Å². The first-order valence-electron chi connectivity index (χ1n) is 5.68. The van der Waals surface area contributed by atoms with E-state index in [1.165, 1.54) is 6.07 Å². The van der Waals surface area contributed by atoms with E-state index in [-0.39, 0.29) is 11.6 Å². The largest absolute Gasteiger partial charge is 0.320 e. The Hall–Kier alpha value is -1.88. The Morgan fingerprint density at radius 2 is 2.11 bits per heavy atom. The number of aromatic nitrogens is 1. The molecule has 0 saturated heterocycles. The van der Waals surface area contributed by atoms with Crippen LogP contribution >= 0.6 is 11.8 Å². The maximum atomic E-state index is 13.1. The monoisotopic (exact) mass is 276 g/mol. The smallest absolute Gasteiger partial charge is 0.274 e. The van der Waals surface area contributed by atoms with Gasteiger partial charge < -0.3 is 5.32 Å². The molecular formula is C14H13FN2OS. The average molecular weight is 276 g/mol. The van der Waals surface area contributed by atoms with Crippen LogP contribution < -0.4 is 5.32 Å². The molecule has 2 aromatic rings. The molecule has 0 spiro atoms. The number of benzene rings is 1. The summed E-state index contributed by atoms with van der Waals surface area (Å²) in [7, 11) is 0. The number of nitrogens with one attached hydrogen (secondary N) is 1. The highest BCUT2D eigenvalue weighted by molar-refractivity contribution is 7.98. The van der Waals surface area contributed by atoms with Crippen molar-refractivity contribution in [2.24, 2.45) is 0 Å². The van der Waals surface area contributed by atoms with E-state index in [1.807, 2.05) is 30.5 Å². The van der Waals surface area contributed by atoms with Crippen LogP contribution in [0, 0.1) is 12.7 Å². The van der Waals surface area contributed by atoms with Crippen molar-refractivity contribution in [2.75, 3.05) is 11.6 Å². The molecule has 0 bridgehead atoms. The number of carbonyl (C=O) groups excluding carboxylic acids is 1. The number of nitrogens with zero attached hydrogens (tertiary/aromatic N) is 1. The first-order valence-corrected chi connectivity index (χ1v) is 6.91. The Morgan fingerprint density at radius 3 is 2.79 bits per heavy atom. The number of pyridine rings is 1. The molecular weight excluding hydrogens is 263 g/mol. The van der Waals surface area contributed by atoms with Gasteiger partial charge in [0.2, 0.25) is 0 Å². The van der Waals surface area contributed by atoms with Crippen molar-refractivity contribution in [1.82, 2.24) is 4.98 Å². The van der Waals surface area contributed by atoms with Crippen LogP contribution in [0.1, 0.15) is 16.1 Å². The molecule has 1 aromatic heterocycles. The van der Waals surface area contributed by atoms with Crippen LogP contribution in [-0.2, 0) is 0 Å². The molecule has 0 saturated carbocycles. The summed E-state index contributed by atoms with van der Waals surface area (Å²) in [5, 5.41) is 2.78. The molecule has 0 aliphatic heterocycles. The minimum absolute atomic E-state index is 0.204. The lowest BCUT2D eigenvalue weighted by Gasteiger charge is -2.09. The molecule has 1 amide bonds. The summed E-state index contributed by atoms with van der Waals surface area (Å²) in [5.74, 6) is -0.759. The number of thioether (sulfide) groups is 1. The van der Waals surface area contributed by atoms with Crippen LogP contribution in [0.3, 0.4) is 0 Å². The second-order valence-corrected chi connectivity index (χ2v) is 4.82. The number of amides is 1.